The molecule has 0 spiro atoms. The van der Waals surface area contributed by atoms with E-state index in [0.29, 0.717) is 35.1 Å². The smallest absolute Gasteiger partial charge is 0.251 e. The third-order valence-electron chi connectivity index (χ3n) is 3.73. The third kappa shape index (κ3) is 3.63. The second-order valence-electron chi connectivity index (χ2n) is 5.24. The molecule has 0 saturated carbocycles. The molecule has 0 saturated heterocycles. The van der Waals surface area contributed by atoms with E-state index in [9.17, 15) is 4.79 Å². The van der Waals surface area contributed by atoms with Crippen molar-refractivity contribution < 1.29 is 18.7 Å². The first-order valence-electron chi connectivity index (χ1n) is 7.71. The summed E-state index contributed by atoms with van der Waals surface area (Å²) in [5, 5.41) is 2.89. The molecule has 3 aromatic rings. The molecule has 0 bridgehead atoms. The number of benzene rings is 1. The van der Waals surface area contributed by atoms with Gasteiger partial charge in [0, 0.05) is 23.9 Å². The molecule has 0 unspecified atom stereocenters. The Balaban J connectivity index is 1.75. The van der Waals surface area contributed by atoms with E-state index in [1.54, 1.807) is 43.8 Å². The lowest BCUT2D eigenvalue weighted by atomic mass is 10.1. The third-order valence-corrected chi connectivity index (χ3v) is 3.73. The Morgan fingerprint density at radius 3 is 2.68 bits per heavy atom. The number of amides is 1. The molecular weight excluding hydrogens is 320 g/mol. The summed E-state index contributed by atoms with van der Waals surface area (Å²) in [6.45, 7) is 0.330. The van der Waals surface area contributed by atoms with E-state index in [0.717, 1.165) is 5.56 Å². The first kappa shape index (κ1) is 16.6. The van der Waals surface area contributed by atoms with E-state index in [-0.39, 0.29) is 5.91 Å². The molecule has 1 aromatic carbocycles. The average molecular weight is 338 g/mol. The predicted octanol–water partition coefficient (Wildman–Crippen LogP) is 3.29. The molecule has 6 heteroatoms. The van der Waals surface area contributed by atoms with Crippen LogP contribution >= 0.6 is 0 Å². The van der Waals surface area contributed by atoms with Crippen molar-refractivity contribution in [1.29, 1.82) is 0 Å². The number of hydrogen-bond acceptors (Lipinski definition) is 5. The Labute approximate surface area is 145 Å². The molecule has 6 nitrogen and oxygen atoms in total. The summed E-state index contributed by atoms with van der Waals surface area (Å²) in [5.74, 6) is 1.53. The van der Waals surface area contributed by atoms with Crippen LogP contribution in [0.15, 0.2) is 59.3 Å². The Morgan fingerprint density at radius 2 is 1.96 bits per heavy atom. The lowest BCUT2D eigenvalue weighted by Crippen LogP contribution is -2.23. The second kappa shape index (κ2) is 7.53. The minimum Gasteiger partial charge on any atom is -0.493 e. The fourth-order valence-electron chi connectivity index (χ4n) is 2.47. The maximum atomic E-state index is 12.4. The first-order chi connectivity index (χ1) is 12.2. The zero-order chi connectivity index (χ0) is 17.6. The Bertz CT molecular complexity index is 860. The van der Waals surface area contributed by atoms with Gasteiger partial charge >= 0.3 is 0 Å². The van der Waals surface area contributed by atoms with Crippen molar-refractivity contribution in [2.24, 2.45) is 0 Å². The molecule has 1 N–H and O–H groups in total. The largest absolute Gasteiger partial charge is 0.493 e. The van der Waals surface area contributed by atoms with Crippen LogP contribution in [0.25, 0.3) is 11.5 Å². The Morgan fingerprint density at radius 1 is 1.12 bits per heavy atom. The molecule has 128 valence electrons. The van der Waals surface area contributed by atoms with Gasteiger partial charge in [-0.25, -0.2) is 0 Å². The van der Waals surface area contributed by atoms with Gasteiger partial charge in [-0.15, -0.1) is 0 Å². The van der Waals surface area contributed by atoms with Crippen molar-refractivity contribution in [2.75, 3.05) is 14.2 Å². The average Bonchev–Trinajstić information content (AvgIpc) is 3.20. The number of methoxy groups -OCH3 is 2. The van der Waals surface area contributed by atoms with Gasteiger partial charge in [0.15, 0.2) is 17.3 Å². The number of carbonyl (C=O) groups is 1. The quantitative estimate of drug-likeness (QED) is 0.746. The molecule has 2 heterocycles. The summed E-state index contributed by atoms with van der Waals surface area (Å²) in [6.07, 6.45) is 3.29. The second-order valence-corrected chi connectivity index (χ2v) is 5.24. The summed E-state index contributed by atoms with van der Waals surface area (Å²) in [7, 11) is 3.08. The summed E-state index contributed by atoms with van der Waals surface area (Å²) in [5.41, 5.74) is 2.06. The van der Waals surface area contributed by atoms with Crippen molar-refractivity contribution in [1.82, 2.24) is 10.3 Å². The molecule has 0 atom stereocenters. The lowest BCUT2D eigenvalue weighted by molar-refractivity contribution is 0.0950. The molecule has 0 radical (unpaired) electrons. The van der Waals surface area contributed by atoms with Gasteiger partial charge < -0.3 is 19.2 Å². The topological polar surface area (TPSA) is 73.6 Å². The zero-order valence-electron chi connectivity index (χ0n) is 14.0. The van der Waals surface area contributed by atoms with Gasteiger partial charge in [-0.05, 0) is 36.4 Å². The van der Waals surface area contributed by atoms with Crippen LogP contribution < -0.4 is 14.8 Å². The van der Waals surface area contributed by atoms with Crippen molar-refractivity contribution in [3.63, 3.8) is 0 Å². The number of furan rings is 1. The molecule has 2 aromatic heterocycles. The molecule has 0 aliphatic heterocycles. The number of hydrogen-bond donors (Lipinski definition) is 1. The molecule has 1 amide bonds. The van der Waals surface area contributed by atoms with E-state index in [2.05, 4.69) is 10.3 Å². The predicted molar refractivity (Wildman–Crippen MR) is 92.7 cm³/mol. The monoisotopic (exact) mass is 338 g/mol. The highest BCUT2D eigenvalue weighted by molar-refractivity contribution is 5.94. The van der Waals surface area contributed by atoms with Crippen LogP contribution in [0.4, 0.5) is 0 Å². The van der Waals surface area contributed by atoms with Crippen LogP contribution in [-0.4, -0.2) is 25.1 Å². The van der Waals surface area contributed by atoms with Gasteiger partial charge in [-0.2, -0.15) is 0 Å². The van der Waals surface area contributed by atoms with E-state index >= 15 is 0 Å². The van der Waals surface area contributed by atoms with Crippen molar-refractivity contribution in [2.45, 2.75) is 6.54 Å². The van der Waals surface area contributed by atoms with Crippen molar-refractivity contribution in [3.8, 4) is 23.0 Å². The number of rotatable bonds is 6. The fourth-order valence-corrected chi connectivity index (χ4v) is 2.47. The SMILES string of the molecule is COc1ccc(C(=O)NCc2cccnc2-c2ccco2)cc1OC. The summed E-state index contributed by atoms with van der Waals surface area (Å²) >= 11 is 0. The normalized spacial score (nSPS) is 10.3. The number of ether oxygens (including phenoxy) is 2. The summed E-state index contributed by atoms with van der Waals surface area (Å²) < 4.78 is 15.8. The number of aromatic nitrogens is 1. The highest BCUT2D eigenvalue weighted by Crippen LogP contribution is 2.27. The summed E-state index contributed by atoms with van der Waals surface area (Å²) in [6, 6.07) is 12.4. The van der Waals surface area contributed by atoms with Gasteiger partial charge in [0.25, 0.3) is 5.91 Å². The molecule has 0 aliphatic rings. The van der Waals surface area contributed by atoms with Gasteiger partial charge in [0.2, 0.25) is 0 Å². The van der Waals surface area contributed by atoms with Crippen LogP contribution in [0, 0.1) is 0 Å². The summed E-state index contributed by atoms with van der Waals surface area (Å²) in [4.78, 5) is 16.8. The zero-order valence-corrected chi connectivity index (χ0v) is 14.0. The van der Waals surface area contributed by atoms with Gasteiger partial charge in [-0.1, -0.05) is 6.07 Å². The van der Waals surface area contributed by atoms with E-state index < -0.39 is 0 Å². The van der Waals surface area contributed by atoms with Crippen LogP contribution in [0.1, 0.15) is 15.9 Å². The first-order valence-corrected chi connectivity index (χ1v) is 7.71. The van der Waals surface area contributed by atoms with Gasteiger partial charge in [0.05, 0.1) is 20.5 Å². The molecule has 25 heavy (non-hydrogen) atoms. The van der Waals surface area contributed by atoms with Crippen molar-refractivity contribution >= 4 is 5.91 Å². The standard InChI is InChI=1S/C19H18N2O4/c1-23-15-8-7-13(11-17(15)24-2)19(22)21-12-14-5-3-9-20-18(14)16-6-4-10-25-16/h3-11H,12H2,1-2H3,(H,21,22). The molecular formula is C19H18N2O4. The maximum absolute atomic E-state index is 12.4. The van der Waals surface area contributed by atoms with E-state index in [1.807, 2.05) is 18.2 Å². The number of carbonyl (C=O) groups excluding carboxylic acids is 1. The van der Waals surface area contributed by atoms with Crippen molar-refractivity contribution in [3.05, 3.63) is 66.1 Å². The molecule has 0 aliphatic carbocycles. The maximum Gasteiger partial charge on any atom is 0.251 e. The van der Waals surface area contributed by atoms with Gasteiger partial charge in [0.1, 0.15) is 5.69 Å². The van der Waals surface area contributed by atoms with Crippen LogP contribution in [-0.2, 0) is 6.54 Å². The van der Waals surface area contributed by atoms with E-state index in [4.69, 9.17) is 13.9 Å². The fraction of sp³-hybridized carbons (Fsp3) is 0.158. The Kier molecular flexibility index (Phi) is 4.99. The van der Waals surface area contributed by atoms with Crippen LogP contribution in [0.5, 0.6) is 11.5 Å². The van der Waals surface area contributed by atoms with Crippen LogP contribution in [0.3, 0.4) is 0 Å². The number of nitrogens with one attached hydrogen (secondary N) is 1. The minimum absolute atomic E-state index is 0.213. The minimum atomic E-state index is -0.213. The Hall–Kier alpha value is -3.28. The van der Waals surface area contributed by atoms with E-state index in [1.165, 1.54) is 7.11 Å². The number of nitrogens with zero attached hydrogens (tertiary/aromatic N) is 1. The van der Waals surface area contributed by atoms with Crippen LogP contribution in [0.2, 0.25) is 0 Å². The molecule has 3 rings (SSSR count). The highest BCUT2D eigenvalue weighted by Gasteiger charge is 2.13. The lowest BCUT2D eigenvalue weighted by Gasteiger charge is -2.11. The van der Waals surface area contributed by atoms with Gasteiger partial charge in [-0.3, -0.25) is 9.78 Å². The number of pyridine rings is 1. The molecule has 0 fully saturated rings. The highest BCUT2D eigenvalue weighted by atomic mass is 16.5.